The summed E-state index contributed by atoms with van der Waals surface area (Å²) in [5.74, 6) is 5.30. The fourth-order valence-corrected chi connectivity index (χ4v) is 4.22. The normalized spacial score (nSPS) is 10.5. The SMILES string of the molecule is CCn1nc(C)cc1C(=O)Nc1nc2cc(C(N)=O)cc(OC)c2n1CCCNC(=O)OCC#Cc1ccccc1. The minimum absolute atomic E-state index is 0.0454. The van der Waals surface area contributed by atoms with E-state index in [1.165, 1.54) is 13.2 Å². The Bertz CT molecular complexity index is 1630. The number of fused-ring (bicyclic) bond motifs is 1. The van der Waals surface area contributed by atoms with Gasteiger partial charge in [0, 0.05) is 30.8 Å². The third kappa shape index (κ3) is 7.02. The van der Waals surface area contributed by atoms with Gasteiger partial charge >= 0.3 is 6.09 Å². The van der Waals surface area contributed by atoms with Crippen LogP contribution in [0.2, 0.25) is 0 Å². The maximum atomic E-state index is 13.2. The van der Waals surface area contributed by atoms with Crippen LogP contribution < -0.4 is 21.1 Å². The van der Waals surface area contributed by atoms with Gasteiger partial charge in [0.15, 0.2) is 6.61 Å². The van der Waals surface area contributed by atoms with E-state index in [-0.39, 0.29) is 24.7 Å². The molecule has 0 spiro atoms. The third-order valence-electron chi connectivity index (χ3n) is 6.08. The van der Waals surface area contributed by atoms with E-state index in [4.69, 9.17) is 15.2 Å². The number of hydrogen-bond acceptors (Lipinski definition) is 7. The van der Waals surface area contributed by atoms with Crippen LogP contribution in [0.25, 0.3) is 11.0 Å². The molecule has 2 heterocycles. The van der Waals surface area contributed by atoms with Gasteiger partial charge in [-0.1, -0.05) is 30.0 Å². The first-order valence-corrected chi connectivity index (χ1v) is 13.0. The van der Waals surface area contributed by atoms with Crippen molar-refractivity contribution in [2.24, 2.45) is 5.73 Å². The van der Waals surface area contributed by atoms with Crippen LogP contribution in [-0.4, -0.2) is 57.5 Å². The number of nitrogens with one attached hydrogen (secondary N) is 2. The van der Waals surface area contributed by atoms with Crippen molar-refractivity contribution in [3.05, 3.63) is 71.0 Å². The number of nitrogens with two attached hydrogens (primary N) is 1. The highest BCUT2D eigenvalue weighted by atomic mass is 16.5. The lowest BCUT2D eigenvalue weighted by atomic mass is 10.1. The highest BCUT2D eigenvalue weighted by molar-refractivity contribution is 6.04. The number of anilines is 1. The van der Waals surface area contributed by atoms with Crippen LogP contribution in [0.1, 0.15) is 45.4 Å². The zero-order valence-electron chi connectivity index (χ0n) is 23.1. The number of benzene rings is 2. The molecule has 4 N–H and O–H groups in total. The van der Waals surface area contributed by atoms with Gasteiger partial charge < -0.3 is 25.1 Å². The predicted octanol–water partition coefficient (Wildman–Crippen LogP) is 3.09. The minimum Gasteiger partial charge on any atom is -0.494 e. The van der Waals surface area contributed by atoms with Crippen LogP contribution in [0.3, 0.4) is 0 Å². The summed E-state index contributed by atoms with van der Waals surface area (Å²) in [5, 5.41) is 9.88. The molecule has 0 atom stereocenters. The van der Waals surface area contributed by atoms with E-state index in [1.807, 2.05) is 44.2 Å². The fourth-order valence-electron chi connectivity index (χ4n) is 4.22. The highest BCUT2D eigenvalue weighted by Crippen LogP contribution is 2.31. The number of ether oxygens (including phenoxy) is 2. The third-order valence-corrected chi connectivity index (χ3v) is 6.08. The monoisotopic (exact) mass is 557 g/mol. The molecular formula is C29H31N7O5. The van der Waals surface area contributed by atoms with Gasteiger partial charge in [0.1, 0.15) is 17.0 Å². The van der Waals surface area contributed by atoms with Crippen molar-refractivity contribution in [2.45, 2.75) is 33.4 Å². The Morgan fingerprint density at radius 3 is 2.61 bits per heavy atom. The number of primary amides is 1. The van der Waals surface area contributed by atoms with E-state index in [0.717, 1.165) is 5.56 Å². The highest BCUT2D eigenvalue weighted by Gasteiger charge is 2.21. The first kappa shape index (κ1) is 28.7. The molecule has 41 heavy (non-hydrogen) atoms. The molecule has 0 saturated carbocycles. The van der Waals surface area contributed by atoms with Crippen LogP contribution in [0, 0.1) is 18.8 Å². The average Bonchev–Trinajstić information content (AvgIpc) is 3.52. The van der Waals surface area contributed by atoms with Gasteiger partial charge in [-0.25, -0.2) is 9.78 Å². The van der Waals surface area contributed by atoms with Crippen LogP contribution in [0.5, 0.6) is 5.75 Å². The summed E-state index contributed by atoms with van der Waals surface area (Å²) in [6.45, 7) is 4.80. The molecular weight excluding hydrogens is 526 g/mol. The minimum atomic E-state index is -0.635. The quantitative estimate of drug-likeness (QED) is 0.200. The maximum Gasteiger partial charge on any atom is 0.408 e. The standard InChI is InChI=1S/C29H31N7O5/c1-4-36-23(16-19(2)34-36)27(38)33-28-32-22-17-21(26(30)37)18-24(40-3)25(22)35(28)14-9-13-31-29(39)41-15-8-12-20-10-6-5-7-11-20/h5-7,10-11,16-18H,4,9,13-15H2,1-3H3,(H2,30,37)(H,31,39)(H,32,33,38). The van der Waals surface area contributed by atoms with Crippen molar-refractivity contribution in [3.63, 3.8) is 0 Å². The Balaban J connectivity index is 1.48. The molecule has 0 bridgehead atoms. The number of aryl methyl sites for hydroxylation is 3. The second-order valence-corrected chi connectivity index (χ2v) is 8.96. The van der Waals surface area contributed by atoms with Gasteiger partial charge in [-0.15, -0.1) is 0 Å². The number of nitrogens with zero attached hydrogens (tertiary/aromatic N) is 4. The first-order valence-electron chi connectivity index (χ1n) is 13.0. The van der Waals surface area contributed by atoms with Crippen LogP contribution in [0.4, 0.5) is 10.7 Å². The lowest BCUT2D eigenvalue weighted by Gasteiger charge is -2.13. The van der Waals surface area contributed by atoms with Crippen molar-refractivity contribution in [1.29, 1.82) is 0 Å². The molecule has 0 saturated heterocycles. The van der Waals surface area contributed by atoms with Crippen LogP contribution in [0.15, 0.2) is 48.5 Å². The predicted molar refractivity (Wildman–Crippen MR) is 153 cm³/mol. The molecule has 4 aromatic rings. The maximum absolute atomic E-state index is 13.2. The zero-order chi connectivity index (χ0) is 29.4. The van der Waals surface area contributed by atoms with Gasteiger partial charge in [0.25, 0.3) is 5.91 Å². The molecule has 12 nitrogen and oxygen atoms in total. The first-order chi connectivity index (χ1) is 19.8. The summed E-state index contributed by atoms with van der Waals surface area (Å²) in [7, 11) is 1.47. The van der Waals surface area contributed by atoms with E-state index in [1.54, 1.807) is 21.4 Å². The molecule has 0 aliphatic rings. The number of amides is 3. The van der Waals surface area contributed by atoms with E-state index in [9.17, 15) is 14.4 Å². The van der Waals surface area contributed by atoms with Crippen LogP contribution in [-0.2, 0) is 17.8 Å². The lowest BCUT2D eigenvalue weighted by molar-refractivity contribution is 0.0995. The van der Waals surface area contributed by atoms with E-state index in [0.29, 0.717) is 47.7 Å². The topological polar surface area (TPSA) is 155 Å². The molecule has 4 rings (SSSR count). The van der Waals surface area contributed by atoms with E-state index in [2.05, 4.69) is 32.6 Å². The molecule has 0 radical (unpaired) electrons. The van der Waals surface area contributed by atoms with E-state index < -0.39 is 17.9 Å². The summed E-state index contributed by atoms with van der Waals surface area (Å²) < 4.78 is 14.0. The Hall–Kier alpha value is -5.31. The molecule has 2 aromatic heterocycles. The molecule has 12 heteroatoms. The lowest BCUT2D eigenvalue weighted by Crippen LogP contribution is -2.26. The number of aromatic nitrogens is 4. The molecule has 0 aliphatic heterocycles. The zero-order valence-corrected chi connectivity index (χ0v) is 23.1. The number of rotatable bonds is 10. The second-order valence-electron chi connectivity index (χ2n) is 8.96. The molecule has 3 amide bonds. The number of imidazole rings is 1. The molecule has 2 aromatic carbocycles. The van der Waals surface area contributed by atoms with Crippen molar-refractivity contribution >= 4 is 34.9 Å². The number of hydrogen-bond donors (Lipinski definition) is 3. The van der Waals surface area contributed by atoms with Gasteiger partial charge in [-0.05, 0) is 50.6 Å². The van der Waals surface area contributed by atoms with Crippen molar-refractivity contribution in [2.75, 3.05) is 25.6 Å². The van der Waals surface area contributed by atoms with Crippen molar-refractivity contribution < 1.29 is 23.9 Å². The number of methoxy groups -OCH3 is 1. The smallest absolute Gasteiger partial charge is 0.408 e. The second kappa shape index (κ2) is 13.2. The molecule has 0 fully saturated rings. The summed E-state index contributed by atoms with van der Waals surface area (Å²) in [6.07, 6.45) is -0.130. The van der Waals surface area contributed by atoms with Gasteiger partial charge in [0.05, 0.1) is 18.3 Å². The Morgan fingerprint density at radius 2 is 1.90 bits per heavy atom. The molecule has 212 valence electrons. The van der Waals surface area contributed by atoms with E-state index >= 15 is 0 Å². The van der Waals surface area contributed by atoms with Crippen LogP contribution >= 0.6 is 0 Å². The van der Waals surface area contributed by atoms with Gasteiger partial charge in [0.2, 0.25) is 11.9 Å². The summed E-state index contributed by atoms with van der Waals surface area (Å²) >= 11 is 0. The van der Waals surface area contributed by atoms with Gasteiger partial charge in [-0.2, -0.15) is 5.10 Å². The summed E-state index contributed by atoms with van der Waals surface area (Å²) in [4.78, 5) is 41.7. The average molecular weight is 558 g/mol. The number of alkyl carbamates (subject to hydrolysis) is 1. The molecule has 0 aliphatic carbocycles. The summed E-state index contributed by atoms with van der Waals surface area (Å²) in [6, 6.07) is 14.2. The Kier molecular flexibility index (Phi) is 9.21. The largest absolute Gasteiger partial charge is 0.494 e. The van der Waals surface area contributed by atoms with Crippen molar-refractivity contribution in [1.82, 2.24) is 24.6 Å². The Labute approximate surface area is 236 Å². The molecule has 0 unspecified atom stereocenters. The summed E-state index contributed by atoms with van der Waals surface area (Å²) in [5.41, 5.74) is 8.62. The Morgan fingerprint density at radius 1 is 1.12 bits per heavy atom. The van der Waals surface area contributed by atoms with Gasteiger partial charge in [-0.3, -0.25) is 19.6 Å². The fraction of sp³-hybridized carbons (Fsp3) is 0.276. The number of carbonyl (C=O) groups is 3. The number of carbonyl (C=O) groups excluding carboxylic acids is 3. The van der Waals surface area contributed by atoms with Crippen molar-refractivity contribution in [3.8, 4) is 17.6 Å².